The van der Waals surface area contributed by atoms with Crippen molar-refractivity contribution in [3.05, 3.63) is 29.6 Å². The van der Waals surface area contributed by atoms with Crippen LogP contribution in [-0.2, 0) is 9.53 Å². The molecule has 100 valence electrons. The standard InChI is InChI=1S/C14H15FN2O2/c1-9-7-17(8-11(9)14(18)19-2)13-5-3-4-12(15)10(13)6-16/h3-5,9,11H,7-8H2,1-2H3. The Morgan fingerprint density at radius 1 is 1.53 bits per heavy atom. The summed E-state index contributed by atoms with van der Waals surface area (Å²) in [5.41, 5.74) is 0.570. The second-order valence-electron chi connectivity index (χ2n) is 4.76. The van der Waals surface area contributed by atoms with Gasteiger partial charge < -0.3 is 9.64 Å². The van der Waals surface area contributed by atoms with E-state index in [9.17, 15) is 9.18 Å². The lowest BCUT2D eigenvalue weighted by Gasteiger charge is -2.19. The van der Waals surface area contributed by atoms with E-state index in [0.717, 1.165) is 0 Å². The van der Waals surface area contributed by atoms with Gasteiger partial charge in [0.15, 0.2) is 0 Å². The van der Waals surface area contributed by atoms with Crippen molar-refractivity contribution in [3.8, 4) is 6.07 Å². The summed E-state index contributed by atoms with van der Waals surface area (Å²) < 4.78 is 18.3. The molecule has 1 aromatic carbocycles. The Labute approximate surface area is 111 Å². The van der Waals surface area contributed by atoms with Gasteiger partial charge in [0.2, 0.25) is 0 Å². The van der Waals surface area contributed by atoms with Gasteiger partial charge in [-0.2, -0.15) is 5.26 Å². The number of ether oxygens (including phenoxy) is 1. The van der Waals surface area contributed by atoms with Crippen LogP contribution in [0.5, 0.6) is 0 Å². The van der Waals surface area contributed by atoms with E-state index in [1.54, 1.807) is 12.1 Å². The molecule has 2 rings (SSSR count). The summed E-state index contributed by atoms with van der Waals surface area (Å²) in [6, 6.07) is 6.42. The highest BCUT2D eigenvalue weighted by atomic mass is 19.1. The fraction of sp³-hybridized carbons (Fsp3) is 0.429. The molecule has 0 amide bonds. The monoisotopic (exact) mass is 262 g/mol. The molecule has 0 aromatic heterocycles. The first kappa shape index (κ1) is 13.3. The molecule has 0 N–H and O–H groups in total. The maximum Gasteiger partial charge on any atom is 0.310 e. The van der Waals surface area contributed by atoms with Crippen LogP contribution in [0.25, 0.3) is 0 Å². The predicted molar refractivity (Wildman–Crippen MR) is 68.0 cm³/mol. The molecule has 0 saturated carbocycles. The van der Waals surface area contributed by atoms with Crippen LogP contribution in [-0.4, -0.2) is 26.2 Å². The van der Waals surface area contributed by atoms with Crippen LogP contribution in [0.2, 0.25) is 0 Å². The maximum absolute atomic E-state index is 13.6. The van der Waals surface area contributed by atoms with Gasteiger partial charge in [0.25, 0.3) is 0 Å². The van der Waals surface area contributed by atoms with Crippen LogP contribution in [0.4, 0.5) is 10.1 Å². The molecule has 0 spiro atoms. The molecule has 2 atom stereocenters. The van der Waals surface area contributed by atoms with Crippen molar-refractivity contribution >= 4 is 11.7 Å². The molecule has 0 aliphatic carbocycles. The Morgan fingerprint density at radius 3 is 2.89 bits per heavy atom. The summed E-state index contributed by atoms with van der Waals surface area (Å²) in [7, 11) is 1.36. The van der Waals surface area contributed by atoms with Crippen molar-refractivity contribution in [1.82, 2.24) is 0 Å². The lowest BCUT2D eigenvalue weighted by atomic mass is 9.99. The van der Waals surface area contributed by atoms with E-state index in [1.807, 2.05) is 17.9 Å². The van der Waals surface area contributed by atoms with Gasteiger partial charge in [-0.25, -0.2) is 4.39 Å². The zero-order chi connectivity index (χ0) is 14.0. The Kier molecular flexibility index (Phi) is 3.70. The van der Waals surface area contributed by atoms with Crippen LogP contribution in [0.15, 0.2) is 18.2 Å². The predicted octanol–water partition coefficient (Wildman–Crippen LogP) is 1.94. The molecule has 5 heteroatoms. The normalized spacial score (nSPS) is 22.1. The molecule has 1 aliphatic heterocycles. The summed E-state index contributed by atoms with van der Waals surface area (Å²) in [4.78, 5) is 13.5. The molecule has 4 nitrogen and oxygen atoms in total. The first-order valence-electron chi connectivity index (χ1n) is 6.10. The summed E-state index contributed by atoms with van der Waals surface area (Å²) in [5.74, 6) is -0.916. The quantitative estimate of drug-likeness (QED) is 0.764. The van der Waals surface area contributed by atoms with E-state index in [4.69, 9.17) is 10.00 Å². The number of benzene rings is 1. The Bertz CT molecular complexity index is 539. The second-order valence-corrected chi connectivity index (χ2v) is 4.76. The lowest BCUT2D eigenvalue weighted by molar-refractivity contribution is -0.145. The molecule has 19 heavy (non-hydrogen) atoms. The summed E-state index contributed by atoms with van der Waals surface area (Å²) in [6.07, 6.45) is 0. The van der Waals surface area contributed by atoms with Crippen LogP contribution in [0.3, 0.4) is 0 Å². The number of carbonyl (C=O) groups is 1. The second kappa shape index (κ2) is 5.27. The minimum Gasteiger partial charge on any atom is -0.469 e. The molecule has 1 aliphatic rings. The SMILES string of the molecule is COC(=O)C1CN(c2cccc(F)c2C#N)CC1C. The van der Waals surface area contributed by atoms with Gasteiger partial charge in [0, 0.05) is 13.1 Å². The highest BCUT2D eigenvalue weighted by molar-refractivity contribution is 5.75. The summed E-state index contributed by atoms with van der Waals surface area (Å²) in [5, 5.41) is 9.04. The number of halogens is 1. The van der Waals surface area contributed by atoms with Crippen LogP contribution < -0.4 is 4.90 Å². The van der Waals surface area contributed by atoms with Crippen LogP contribution in [0, 0.1) is 29.0 Å². The molecule has 1 saturated heterocycles. The third kappa shape index (κ3) is 2.39. The number of carbonyl (C=O) groups excluding carboxylic acids is 1. The van der Waals surface area contributed by atoms with Gasteiger partial charge in [-0.15, -0.1) is 0 Å². The van der Waals surface area contributed by atoms with Crippen LogP contribution in [0.1, 0.15) is 12.5 Å². The Hall–Kier alpha value is -2.09. The highest BCUT2D eigenvalue weighted by Gasteiger charge is 2.36. The third-order valence-corrected chi connectivity index (χ3v) is 3.56. The number of rotatable bonds is 2. The van der Waals surface area contributed by atoms with E-state index in [0.29, 0.717) is 18.8 Å². The third-order valence-electron chi connectivity index (χ3n) is 3.56. The minimum absolute atomic E-state index is 0.0280. The molecular weight excluding hydrogens is 247 g/mol. The molecule has 1 aromatic rings. The maximum atomic E-state index is 13.6. The molecule has 0 bridgehead atoms. The number of nitrogens with zero attached hydrogens (tertiary/aromatic N) is 2. The highest BCUT2D eigenvalue weighted by Crippen LogP contribution is 2.31. The van der Waals surface area contributed by atoms with E-state index in [1.165, 1.54) is 13.2 Å². The van der Waals surface area contributed by atoms with E-state index in [-0.39, 0.29) is 23.4 Å². The minimum atomic E-state index is -0.533. The smallest absolute Gasteiger partial charge is 0.310 e. The Morgan fingerprint density at radius 2 is 2.26 bits per heavy atom. The summed E-state index contributed by atoms with van der Waals surface area (Å²) >= 11 is 0. The van der Waals surface area contributed by atoms with Gasteiger partial charge in [0.05, 0.1) is 18.7 Å². The van der Waals surface area contributed by atoms with Crippen molar-refractivity contribution in [3.63, 3.8) is 0 Å². The lowest BCUT2D eigenvalue weighted by Crippen LogP contribution is -2.24. The number of hydrogen-bond acceptors (Lipinski definition) is 4. The van der Waals surface area contributed by atoms with Crippen molar-refractivity contribution in [2.45, 2.75) is 6.92 Å². The van der Waals surface area contributed by atoms with Crippen molar-refractivity contribution in [1.29, 1.82) is 5.26 Å². The average molecular weight is 262 g/mol. The topological polar surface area (TPSA) is 53.3 Å². The van der Waals surface area contributed by atoms with Crippen molar-refractivity contribution in [2.75, 3.05) is 25.1 Å². The van der Waals surface area contributed by atoms with E-state index < -0.39 is 5.82 Å². The fourth-order valence-corrected chi connectivity index (χ4v) is 2.51. The molecule has 2 unspecified atom stereocenters. The van der Waals surface area contributed by atoms with Gasteiger partial charge in [0.1, 0.15) is 17.4 Å². The molecule has 0 radical (unpaired) electrons. The van der Waals surface area contributed by atoms with E-state index >= 15 is 0 Å². The van der Waals surface area contributed by atoms with Crippen molar-refractivity contribution < 1.29 is 13.9 Å². The zero-order valence-corrected chi connectivity index (χ0v) is 10.9. The van der Waals surface area contributed by atoms with E-state index in [2.05, 4.69) is 0 Å². The van der Waals surface area contributed by atoms with Gasteiger partial charge in [-0.3, -0.25) is 4.79 Å². The van der Waals surface area contributed by atoms with Crippen LogP contribution >= 0.6 is 0 Å². The largest absolute Gasteiger partial charge is 0.469 e. The molecule has 1 fully saturated rings. The number of anilines is 1. The summed E-state index contributed by atoms with van der Waals surface area (Å²) in [6.45, 7) is 3.01. The van der Waals surface area contributed by atoms with Crippen molar-refractivity contribution in [2.24, 2.45) is 11.8 Å². The van der Waals surface area contributed by atoms with Gasteiger partial charge in [-0.1, -0.05) is 13.0 Å². The average Bonchev–Trinajstić information content (AvgIpc) is 2.79. The fourth-order valence-electron chi connectivity index (χ4n) is 2.51. The molecular formula is C14H15FN2O2. The Balaban J connectivity index is 2.29. The number of nitriles is 1. The first-order valence-corrected chi connectivity index (χ1v) is 6.10. The number of esters is 1. The first-order chi connectivity index (χ1) is 9.08. The number of hydrogen-bond donors (Lipinski definition) is 0. The van der Waals surface area contributed by atoms with Gasteiger partial charge >= 0.3 is 5.97 Å². The zero-order valence-electron chi connectivity index (χ0n) is 10.9. The van der Waals surface area contributed by atoms with Gasteiger partial charge in [-0.05, 0) is 18.1 Å². The number of methoxy groups -OCH3 is 1. The molecule has 1 heterocycles.